The molecule has 0 fully saturated rings. The van der Waals surface area contributed by atoms with E-state index in [9.17, 15) is 10.3 Å². The zero-order valence-electron chi connectivity index (χ0n) is 11.3. The van der Waals surface area contributed by atoms with Crippen LogP contribution in [0.15, 0.2) is 73.1 Å². The van der Waals surface area contributed by atoms with Gasteiger partial charge in [0.1, 0.15) is 5.69 Å². The molecule has 104 valence electrons. The summed E-state index contributed by atoms with van der Waals surface area (Å²) in [6, 6.07) is 18.5. The zero-order chi connectivity index (χ0) is 14.7. The van der Waals surface area contributed by atoms with E-state index in [1.807, 2.05) is 48.5 Å². The second-order valence-electron chi connectivity index (χ2n) is 4.70. The van der Waals surface area contributed by atoms with E-state index in [-0.39, 0.29) is 5.69 Å². The first-order valence-electron chi connectivity index (χ1n) is 6.63. The number of aliphatic hydroxyl groups is 1. The van der Waals surface area contributed by atoms with E-state index in [1.165, 1.54) is 12.4 Å². The van der Waals surface area contributed by atoms with Gasteiger partial charge in [0.25, 0.3) is 0 Å². The van der Waals surface area contributed by atoms with Crippen LogP contribution < -0.4 is 4.73 Å². The van der Waals surface area contributed by atoms with Gasteiger partial charge in [-0.05, 0) is 5.56 Å². The summed E-state index contributed by atoms with van der Waals surface area (Å²) in [5, 5.41) is 22.4. The average Bonchev–Trinajstić information content (AvgIpc) is 2.56. The van der Waals surface area contributed by atoms with Crippen molar-refractivity contribution in [2.24, 2.45) is 0 Å². The Morgan fingerprint density at radius 1 is 0.952 bits per heavy atom. The Kier molecular flexibility index (Phi) is 3.62. The molecule has 0 amide bonds. The first-order chi connectivity index (χ1) is 10.3. The molecule has 0 aliphatic carbocycles. The van der Waals surface area contributed by atoms with E-state index in [0.717, 1.165) is 5.56 Å². The molecule has 1 unspecified atom stereocenters. The third kappa shape index (κ3) is 2.75. The van der Waals surface area contributed by atoms with Gasteiger partial charge in [-0.3, -0.25) is 0 Å². The van der Waals surface area contributed by atoms with Crippen LogP contribution in [0.2, 0.25) is 0 Å². The van der Waals surface area contributed by atoms with Gasteiger partial charge in [-0.15, -0.1) is 0 Å². The number of aliphatic hydroxyl groups excluding tert-OH is 1. The monoisotopic (exact) mass is 278 g/mol. The molecule has 0 saturated heterocycles. The van der Waals surface area contributed by atoms with Crippen LogP contribution in [0.4, 0.5) is 0 Å². The molecule has 0 aliphatic rings. The Bertz CT molecular complexity index is 730. The molecule has 1 N–H and O–H groups in total. The summed E-state index contributed by atoms with van der Waals surface area (Å²) >= 11 is 0. The number of rotatable bonds is 3. The molecule has 21 heavy (non-hydrogen) atoms. The highest BCUT2D eigenvalue weighted by Gasteiger charge is 2.20. The van der Waals surface area contributed by atoms with Crippen LogP contribution in [0.1, 0.15) is 17.4 Å². The van der Waals surface area contributed by atoms with Gasteiger partial charge < -0.3 is 10.3 Å². The number of aromatic nitrogens is 2. The van der Waals surface area contributed by atoms with Crippen LogP contribution in [-0.2, 0) is 0 Å². The fraction of sp³-hybridized carbons (Fsp3) is 0.0588. The highest BCUT2D eigenvalue weighted by atomic mass is 16.5. The fourth-order valence-corrected chi connectivity index (χ4v) is 2.17. The van der Waals surface area contributed by atoms with Crippen LogP contribution in [0.5, 0.6) is 0 Å². The van der Waals surface area contributed by atoms with Gasteiger partial charge in [0.2, 0.25) is 11.9 Å². The number of benzene rings is 2. The summed E-state index contributed by atoms with van der Waals surface area (Å²) in [5.74, 6) is 0. The Morgan fingerprint density at radius 3 is 2.19 bits per heavy atom. The lowest BCUT2D eigenvalue weighted by atomic mass is 10.1. The summed E-state index contributed by atoms with van der Waals surface area (Å²) < 4.78 is 0.674. The van der Waals surface area contributed by atoms with E-state index in [4.69, 9.17) is 0 Å². The molecule has 0 radical (unpaired) electrons. The summed E-state index contributed by atoms with van der Waals surface area (Å²) in [6.45, 7) is 0. The second kappa shape index (κ2) is 5.73. The maximum absolute atomic E-state index is 12.1. The molecular formula is C17H14N2O2. The SMILES string of the molecule is [O-][n+]1cc(-c2ccccc2)ncc1C(O)c1ccccc1. The predicted molar refractivity (Wildman–Crippen MR) is 79.1 cm³/mol. The second-order valence-corrected chi connectivity index (χ2v) is 4.70. The van der Waals surface area contributed by atoms with Crippen molar-refractivity contribution in [3.63, 3.8) is 0 Å². The standard InChI is InChI=1S/C17H14N2O2/c20-17(14-9-5-2-6-10-14)16-11-18-15(12-19(16)21)13-7-3-1-4-8-13/h1-12,17,20H. The van der Waals surface area contributed by atoms with E-state index in [1.54, 1.807) is 12.1 Å². The van der Waals surface area contributed by atoms with Crippen molar-refractivity contribution in [3.8, 4) is 11.3 Å². The minimum atomic E-state index is -0.985. The van der Waals surface area contributed by atoms with E-state index in [2.05, 4.69) is 4.98 Å². The van der Waals surface area contributed by atoms with E-state index >= 15 is 0 Å². The number of nitrogens with zero attached hydrogens (tertiary/aromatic N) is 2. The minimum absolute atomic E-state index is 0.209. The Morgan fingerprint density at radius 2 is 1.57 bits per heavy atom. The van der Waals surface area contributed by atoms with Crippen molar-refractivity contribution in [1.29, 1.82) is 0 Å². The molecule has 0 saturated carbocycles. The van der Waals surface area contributed by atoms with Crippen molar-refractivity contribution < 1.29 is 9.84 Å². The minimum Gasteiger partial charge on any atom is -0.618 e. The predicted octanol–water partition coefficient (Wildman–Crippen LogP) is 2.46. The van der Waals surface area contributed by atoms with Gasteiger partial charge in [-0.1, -0.05) is 60.7 Å². The molecule has 3 aromatic rings. The fourth-order valence-electron chi connectivity index (χ4n) is 2.17. The van der Waals surface area contributed by atoms with Gasteiger partial charge in [0, 0.05) is 5.56 Å². The lowest BCUT2D eigenvalue weighted by molar-refractivity contribution is -0.617. The Balaban J connectivity index is 1.95. The maximum Gasteiger partial charge on any atom is 0.244 e. The van der Waals surface area contributed by atoms with Gasteiger partial charge >= 0.3 is 0 Å². The Hall–Kier alpha value is -2.72. The molecular weight excluding hydrogens is 264 g/mol. The zero-order valence-corrected chi connectivity index (χ0v) is 11.3. The van der Waals surface area contributed by atoms with Crippen molar-refractivity contribution in [2.75, 3.05) is 0 Å². The van der Waals surface area contributed by atoms with Crippen molar-refractivity contribution >= 4 is 0 Å². The lowest BCUT2D eigenvalue weighted by Crippen LogP contribution is -2.34. The largest absolute Gasteiger partial charge is 0.618 e. The molecule has 1 aromatic heterocycles. The molecule has 0 bridgehead atoms. The van der Waals surface area contributed by atoms with Crippen LogP contribution in [0.25, 0.3) is 11.3 Å². The summed E-state index contributed by atoms with van der Waals surface area (Å²) in [4.78, 5) is 4.28. The molecule has 1 heterocycles. The first kappa shape index (κ1) is 13.3. The highest BCUT2D eigenvalue weighted by molar-refractivity contribution is 5.56. The molecule has 3 rings (SSSR count). The normalized spacial score (nSPS) is 12.0. The van der Waals surface area contributed by atoms with Gasteiger partial charge in [-0.2, -0.15) is 4.73 Å². The number of hydrogen-bond donors (Lipinski definition) is 1. The van der Waals surface area contributed by atoms with Crippen LogP contribution in [0, 0.1) is 5.21 Å². The van der Waals surface area contributed by atoms with Crippen molar-refractivity contribution in [1.82, 2.24) is 4.98 Å². The molecule has 0 aliphatic heterocycles. The molecule has 4 nitrogen and oxygen atoms in total. The average molecular weight is 278 g/mol. The van der Waals surface area contributed by atoms with Gasteiger partial charge in [0.05, 0.1) is 6.20 Å². The van der Waals surface area contributed by atoms with Gasteiger partial charge in [0.15, 0.2) is 6.10 Å². The quantitative estimate of drug-likeness (QED) is 0.591. The van der Waals surface area contributed by atoms with E-state index in [0.29, 0.717) is 16.0 Å². The molecule has 2 aromatic carbocycles. The third-order valence-electron chi connectivity index (χ3n) is 3.29. The smallest absolute Gasteiger partial charge is 0.244 e. The van der Waals surface area contributed by atoms with Crippen molar-refractivity contribution in [2.45, 2.75) is 6.10 Å². The summed E-state index contributed by atoms with van der Waals surface area (Å²) in [7, 11) is 0. The summed E-state index contributed by atoms with van der Waals surface area (Å²) in [6.07, 6.45) is 1.82. The molecule has 1 atom stereocenters. The molecule has 0 spiro atoms. The lowest BCUT2D eigenvalue weighted by Gasteiger charge is -2.11. The molecule has 4 heteroatoms. The summed E-state index contributed by atoms with van der Waals surface area (Å²) in [5.41, 5.74) is 2.31. The third-order valence-corrected chi connectivity index (χ3v) is 3.29. The topological polar surface area (TPSA) is 60.1 Å². The first-order valence-corrected chi connectivity index (χ1v) is 6.63. The van der Waals surface area contributed by atoms with Gasteiger partial charge in [-0.25, -0.2) is 4.98 Å². The van der Waals surface area contributed by atoms with Crippen LogP contribution >= 0.6 is 0 Å². The van der Waals surface area contributed by atoms with Crippen LogP contribution in [0.3, 0.4) is 0 Å². The van der Waals surface area contributed by atoms with Crippen molar-refractivity contribution in [3.05, 3.63) is 89.5 Å². The Labute approximate surface area is 122 Å². The number of hydrogen-bond acceptors (Lipinski definition) is 3. The highest BCUT2D eigenvalue weighted by Crippen LogP contribution is 2.20. The maximum atomic E-state index is 12.1. The van der Waals surface area contributed by atoms with E-state index < -0.39 is 6.10 Å². The van der Waals surface area contributed by atoms with Crippen LogP contribution in [-0.4, -0.2) is 10.1 Å².